The second kappa shape index (κ2) is 5.72. The van der Waals surface area contributed by atoms with Crippen LogP contribution in [0.15, 0.2) is 34.8 Å². The Bertz CT molecular complexity index is 507. The summed E-state index contributed by atoms with van der Waals surface area (Å²) in [7, 11) is 0. The van der Waals surface area contributed by atoms with Crippen LogP contribution in [-0.4, -0.2) is 0 Å². The molecule has 1 nitrogen and oxygen atoms in total. The summed E-state index contributed by atoms with van der Waals surface area (Å²) >= 11 is 17.0. The van der Waals surface area contributed by atoms with E-state index in [2.05, 4.69) is 15.9 Å². The van der Waals surface area contributed by atoms with Crippen LogP contribution >= 0.6 is 50.5 Å². The fourth-order valence-corrected chi connectivity index (χ4v) is 3.50. The monoisotopic (exact) mass is 349 g/mol. The highest BCUT2D eigenvalue weighted by Gasteiger charge is 2.13. The molecule has 1 unspecified atom stereocenters. The zero-order valence-electron chi connectivity index (χ0n) is 8.79. The fraction of sp³-hybridized carbons (Fsp3) is 0.167. The van der Waals surface area contributed by atoms with E-state index in [4.69, 9.17) is 28.9 Å². The van der Waals surface area contributed by atoms with Crippen LogP contribution < -0.4 is 5.73 Å². The Morgan fingerprint density at radius 1 is 1.29 bits per heavy atom. The van der Waals surface area contributed by atoms with Crippen molar-refractivity contribution >= 4 is 50.5 Å². The molecule has 0 aliphatic rings. The van der Waals surface area contributed by atoms with Gasteiger partial charge in [-0.15, -0.1) is 11.3 Å². The lowest BCUT2D eigenvalue weighted by Crippen LogP contribution is -2.11. The fourth-order valence-electron chi connectivity index (χ4n) is 1.55. The van der Waals surface area contributed by atoms with E-state index in [1.807, 2.05) is 30.3 Å². The number of thiophene rings is 1. The molecular formula is C12H10BrCl2NS. The van der Waals surface area contributed by atoms with Gasteiger partial charge in [0.05, 0.1) is 0 Å². The van der Waals surface area contributed by atoms with E-state index in [-0.39, 0.29) is 6.04 Å². The van der Waals surface area contributed by atoms with Gasteiger partial charge >= 0.3 is 0 Å². The van der Waals surface area contributed by atoms with Gasteiger partial charge in [-0.1, -0.05) is 41.4 Å². The maximum atomic E-state index is 6.15. The molecule has 0 aliphatic carbocycles. The molecule has 0 aliphatic heterocycles. The summed E-state index contributed by atoms with van der Waals surface area (Å²) < 4.78 is 1.63. The maximum Gasteiger partial charge on any atom is 0.107 e. The average Bonchev–Trinajstić information content (AvgIpc) is 2.63. The Kier molecular flexibility index (Phi) is 4.50. The van der Waals surface area contributed by atoms with Crippen molar-refractivity contribution in [3.8, 4) is 0 Å². The summed E-state index contributed by atoms with van der Waals surface area (Å²) in [5.41, 5.74) is 7.21. The van der Waals surface area contributed by atoms with Crippen LogP contribution in [0.2, 0.25) is 9.36 Å². The van der Waals surface area contributed by atoms with Gasteiger partial charge in [0.1, 0.15) is 4.34 Å². The summed E-state index contributed by atoms with van der Waals surface area (Å²) in [6.45, 7) is 0. The molecular weight excluding hydrogens is 341 g/mol. The van der Waals surface area contributed by atoms with Crippen molar-refractivity contribution in [2.24, 2.45) is 5.73 Å². The molecule has 0 fully saturated rings. The van der Waals surface area contributed by atoms with E-state index < -0.39 is 0 Å². The number of halogens is 3. The summed E-state index contributed by atoms with van der Waals surface area (Å²) in [5, 5.41) is 0.754. The lowest BCUT2D eigenvalue weighted by Gasteiger charge is -2.10. The van der Waals surface area contributed by atoms with Gasteiger partial charge in [0.25, 0.3) is 0 Å². The molecule has 0 amide bonds. The normalized spacial score (nSPS) is 12.7. The Labute approximate surface area is 123 Å². The number of benzene rings is 1. The molecule has 0 bridgehead atoms. The van der Waals surface area contributed by atoms with Gasteiger partial charge in [-0.25, -0.2) is 0 Å². The second-order valence-corrected chi connectivity index (χ2v) is 6.62. The molecule has 90 valence electrons. The first kappa shape index (κ1) is 13.4. The van der Waals surface area contributed by atoms with Crippen LogP contribution in [-0.2, 0) is 6.42 Å². The van der Waals surface area contributed by atoms with Gasteiger partial charge in [0.2, 0.25) is 0 Å². The largest absolute Gasteiger partial charge is 0.323 e. The Morgan fingerprint density at radius 3 is 2.59 bits per heavy atom. The van der Waals surface area contributed by atoms with Crippen LogP contribution in [0.5, 0.6) is 0 Å². The number of hydrogen-bond donors (Lipinski definition) is 1. The van der Waals surface area contributed by atoms with Crippen LogP contribution in [0.1, 0.15) is 16.5 Å². The Morgan fingerprint density at radius 2 is 2.00 bits per heavy atom. The first-order chi connectivity index (χ1) is 8.08. The van der Waals surface area contributed by atoms with E-state index in [0.717, 1.165) is 24.3 Å². The number of hydrogen-bond acceptors (Lipinski definition) is 2. The quantitative estimate of drug-likeness (QED) is 0.822. The second-order valence-electron chi connectivity index (χ2n) is 3.67. The summed E-state index contributed by atoms with van der Waals surface area (Å²) in [4.78, 5) is 1.06. The zero-order chi connectivity index (χ0) is 12.4. The maximum absolute atomic E-state index is 6.15. The highest BCUT2D eigenvalue weighted by atomic mass is 79.9. The van der Waals surface area contributed by atoms with Gasteiger partial charge < -0.3 is 5.73 Å². The van der Waals surface area contributed by atoms with Gasteiger partial charge in [-0.2, -0.15) is 0 Å². The topological polar surface area (TPSA) is 26.0 Å². The molecule has 1 atom stereocenters. The van der Waals surface area contributed by atoms with Gasteiger partial charge in [-0.3, -0.25) is 0 Å². The summed E-state index contributed by atoms with van der Waals surface area (Å²) in [6.07, 6.45) is 0.711. The molecule has 1 aromatic heterocycles. The highest BCUT2D eigenvalue weighted by Crippen LogP contribution is 2.35. The van der Waals surface area contributed by atoms with Crippen molar-refractivity contribution in [3.05, 3.63) is 54.6 Å². The Balaban J connectivity index is 2.17. The molecule has 1 heterocycles. The zero-order valence-corrected chi connectivity index (χ0v) is 12.7. The van der Waals surface area contributed by atoms with Crippen LogP contribution in [0.4, 0.5) is 0 Å². The van der Waals surface area contributed by atoms with E-state index in [1.165, 1.54) is 11.3 Å². The predicted molar refractivity (Wildman–Crippen MR) is 79.1 cm³/mol. The van der Waals surface area contributed by atoms with E-state index in [1.54, 1.807) is 0 Å². The van der Waals surface area contributed by atoms with Crippen molar-refractivity contribution in [3.63, 3.8) is 0 Å². The van der Waals surface area contributed by atoms with E-state index >= 15 is 0 Å². The number of nitrogens with two attached hydrogens (primary N) is 1. The molecule has 2 N–H and O–H groups in total. The lowest BCUT2D eigenvalue weighted by molar-refractivity contribution is 0.736. The van der Waals surface area contributed by atoms with Crippen LogP contribution in [0.25, 0.3) is 0 Å². The minimum Gasteiger partial charge on any atom is -0.323 e. The highest BCUT2D eigenvalue weighted by molar-refractivity contribution is 9.10. The first-order valence-electron chi connectivity index (χ1n) is 5.01. The molecule has 1 aromatic carbocycles. The third-order valence-corrected chi connectivity index (χ3v) is 5.40. The van der Waals surface area contributed by atoms with Gasteiger partial charge in [0.15, 0.2) is 0 Å². The lowest BCUT2D eigenvalue weighted by atomic mass is 10.1. The van der Waals surface area contributed by atoms with E-state index in [0.29, 0.717) is 6.42 Å². The average molecular weight is 351 g/mol. The van der Waals surface area contributed by atoms with E-state index in [9.17, 15) is 0 Å². The predicted octanol–water partition coefficient (Wildman–Crippen LogP) is 5.06. The number of rotatable bonds is 3. The van der Waals surface area contributed by atoms with Crippen molar-refractivity contribution < 1.29 is 0 Å². The van der Waals surface area contributed by atoms with Crippen LogP contribution in [0.3, 0.4) is 0 Å². The molecule has 0 spiro atoms. The third kappa shape index (κ3) is 3.24. The van der Waals surface area contributed by atoms with Crippen molar-refractivity contribution in [1.82, 2.24) is 0 Å². The third-order valence-electron chi connectivity index (χ3n) is 2.43. The molecule has 5 heteroatoms. The van der Waals surface area contributed by atoms with Crippen molar-refractivity contribution in [1.29, 1.82) is 0 Å². The SMILES string of the molecule is NC(Cc1ccccc1Cl)c1cc(Br)c(Cl)s1. The molecule has 17 heavy (non-hydrogen) atoms. The molecule has 0 radical (unpaired) electrons. The van der Waals surface area contributed by atoms with Crippen molar-refractivity contribution in [2.75, 3.05) is 0 Å². The molecule has 2 aromatic rings. The standard InChI is InChI=1S/C12H10BrCl2NS/c13-8-6-11(17-12(8)15)10(16)5-7-3-1-2-4-9(7)14/h1-4,6,10H,5,16H2. The molecule has 0 saturated carbocycles. The molecule has 0 saturated heterocycles. The molecule has 2 rings (SSSR count). The summed E-state index contributed by atoms with van der Waals surface area (Å²) in [5.74, 6) is 0. The van der Waals surface area contributed by atoms with Crippen molar-refractivity contribution in [2.45, 2.75) is 12.5 Å². The minimum atomic E-state index is -0.0799. The minimum absolute atomic E-state index is 0.0799. The smallest absolute Gasteiger partial charge is 0.107 e. The van der Waals surface area contributed by atoms with Gasteiger partial charge in [0, 0.05) is 20.4 Å². The Hall–Kier alpha value is -0.0600. The first-order valence-corrected chi connectivity index (χ1v) is 7.38. The summed E-state index contributed by atoms with van der Waals surface area (Å²) in [6, 6.07) is 9.63. The van der Waals surface area contributed by atoms with Gasteiger partial charge in [-0.05, 0) is 40.0 Å². The van der Waals surface area contributed by atoms with Crippen LogP contribution in [0, 0.1) is 0 Å².